The highest BCUT2D eigenvalue weighted by Crippen LogP contribution is 2.42. The maximum atomic E-state index is 13.4. The molecule has 1 aliphatic heterocycles. The minimum absolute atomic E-state index is 0.0286. The highest BCUT2D eigenvalue weighted by molar-refractivity contribution is 7.20. The number of rotatable bonds is 2. The van der Waals surface area contributed by atoms with Crippen LogP contribution in [0.4, 0.5) is 13.2 Å². The van der Waals surface area contributed by atoms with Gasteiger partial charge in [-0.1, -0.05) is 18.2 Å². The number of benzene rings is 1. The Kier molecular flexibility index (Phi) is 4.09. The van der Waals surface area contributed by atoms with Crippen LogP contribution in [0.5, 0.6) is 0 Å². The topological polar surface area (TPSA) is 70.7 Å². The van der Waals surface area contributed by atoms with Gasteiger partial charge in [0.25, 0.3) is 11.6 Å². The first-order chi connectivity index (χ1) is 13.1. The summed E-state index contributed by atoms with van der Waals surface area (Å²) in [5.41, 5.74) is -1.91. The van der Waals surface area contributed by atoms with E-state index in [1.165, 1.54) is 13.0 Å². The van der Waals surface area contributed by atoms with Gasteiger partial charge in [-0.15, -0.1) is 11.3 Å². The molecule has 3 heterocycles. The normalized spacial score (nSPS) is 20.1. The lowest BCUT2D eigenvalue weighted by atomic mass is 10.1. The molecule has 1 aliphatic rings. The molecular formula is C18H15F3N4O2S. The molecule has 0 aliphatic carbocycles. The third-order valence-corrected chi connectivity index (χ3v) is 5.62. The van der Waals surface area contributed by atoms with Gasteiger partial charge in [-0.25, -0.2) is 4.68 Å². The van der Waals surface area contributed by atoms with E-state index in [1.54, 1.807) is 11.6 Å². The van der Waals surface area contributed by atoms with Crippen LogP contribution in [0.3, 0.4) is 0 Å². The van der Waals surface area contributed by atoms with E-state index in [9.17, 15) is 23.1 Å². The second-order valence-electron chi connectivity index (χ2n) is 6.61. The number of hydrogen-bond donors (Lipinski definition) is 1. The van der Waals surface area contributed by atoms with Crippen LogP contribution in [0.2, 0.25) is 0 Å². The Bertz CT molecular complexity index is 1100. The van der Waals surface area contributed by atoms with Crippen molar-refractivity contribution >= 4 is 33.2 Å². The summed E-state index contributed by atoms with van der Waals surface area (Å²) in [6, 6.07) is 10.7. The first kappa shape index (κ1) is 18.6. The predicted octanol–water partition coefficient (Wildman–Crippen LogP) is 3.87. The SMILES string of the molecule is CC1=NN(C(=O)c2cc3c(C)nn(-c4ccccc4)c3s2)[C@@](O)(C(F)(F)F)C1. The smallest absolute Gasteiger partial charge is 0.362 e. The van der Waals surface area contributed by atoms with Gasteiger partial charge in [0.2, 0.25) is 0 Å². The number of thiophene rings is 1. The maximum absolute atomic E-state index is 13.4. The van der Waals surface area contributed by atoms with Crippen LogP contribution in [0.1, 0.15) is 28.7 Å². The van der Waals surface area contributed by atoms with Gasteiger partial charge in [0.1, 0.15) is 4.83 Å². The molecule has 0 bridgehead atoms. The summed E-state index contributed by atoms with van der Waals surface area (Å²) in [6.45, 7) is 3.10. The lowest BCUT2D eigenvalue weighted by Gasteiger charge is -2.32. The summed E-state index contributed by atoms with van der Waals surface area (Å²) >= 11 is 1.01. The number of carbonyl (C=O) groups excluding carboxylic acids is 1. The first-order valence-electron chi connectivity index (χ1n) is 8.34. The van der Waals surface area contributed by atoms with Gasteiger partial charge in [-0.05, 0) is 32.0 Å². The van der Waals surface area contributed by atoms with Crippen LogP contribution >= 0.6 is 11.3 Å². The first-order valence-corrected chi connectivity index (χ1v) is 9.16. The van der Waals surface area contributed by atoms with Crippen LogP contribution in [0, 0.1) is 6.92 Å². The number of aryl methyl sites for hydroxylation is 1. The van der Waals surface area contributed by atoms with Crippen molar-refractivity contribution in [1.82, 2.24) is 14.8 Å². The molecule has 0 saturated carbocycles. The summed E-state index contributed by atoms with van der Waals surface area (Å²) in [5, 5.41) is 19.1. The van der Waals surface area contributed by atoms with Gasteiger partial charge in [-0.2, -0.15) is 28.4 Å². The number of amides is 1. The van der Waals surface area contributed by atoms with E-state index in [0.29, 0.717) is 15.9 Å². The standard InChI is InChI=1S/C18H15F3N4O2S/c1-10-9-17(27,18(19,20)21)25(22-10)15(26)14-8-13-11(2)23-24(16(13)28-14)12-6-4-3-5-7-12/h3-8,27H,9H2,1-2H3/t17-/m0/s1. The fourth-order valence-corrected chi connectivity index (χ4v) is 4.26. The molecule has 0 fully saturated rings. The number of hydrogen-bond acceptors (Lipinski definition) is 5. The largest absolute Gasteiger partial charge is 0.438 e. The van der Waals surface area contributed by atoms with E-state index >= 15 is 0 Å². The number of para-hydroxylation sites is 1. The molecular weight excluding hydrogens is 393 g/mol. The molecule has 0 spiro atoms. The van der Waals surface area contributed by atoms with Crippen molar-refractivity contribution in [3.8, 4) is 5.69 Å². The summed E-state index contributed by atoms with van der Waals surface area (Å²) < 4.78 is 41.9. The Balaban J connectivity index is 1.79. The van der Waals surface area contributed by atoms with Crippen molar-refractivity contribution in [2.24, 2.45) is 5.10 Å². The molecule has 28 heavy (non-hydrogen) atoms. The molecule has 1 atom stereocenters. The lowest BCUT2D eigenvalue weighted by molar-refractivity contribution is -0.297. The predicted molar refractivity (Wildman–Crippen MR) is 98.6 cm³/mol. The number of aliphatic hydroxyl groups is 1. The molecule has 2 aromatic heterocycles. The molecule has 146 valence electrons. The number of alkyl halides is 3. The molecule has 1 N–H and O–H groups in total. The molecule has 0 saturated heterocycles. The van der Waals surface area contributed by atoms with E-state index in [1.807, 2.05) is 30.3 Å². The van der Waals surface area contributed by atoms with Crippen molar-refractivity contribution in [2.75, 3.05) is 0 Å². The summed E-state index contributed by atoms with van der Waals surface area (Å²) in [5.74, 6) is -1.00. The second-order valence-corrected chi connectivity index (χ2v) is 7.64. The fraction of sp³-hybridized carbons (Fsp3) is 0.278. The van der Waals surface area contributed by atoms with Crippen LogP contribution in [-0.4, -0.2) is 43.4 Å². The summed E-state index contributed by atoms with van der Waals surface area (Å²) in [7, 11) is 0. The summed E-state index contributed by atoms with van der Waals surface area (Å²) in [6.07, 6.45) is -5.80. The van der Waals surface area contributed by atoms with Crippen molar-refractivity contribution in [3.63, 3.8) is 0 Å². The van der Waals surface area contributed by atoms with Crippen molar-refractivity contribution in [1.29, 1.82) is 0 Å². The summed E-state index contributed by atoms with van der Waals surface area (Å²) in [4.78, 5) is 13.5. The van der Waals surface area contributed by atoms with E-state index in [4.69, 9.17) is 0 Å². The number of nitrogens with zero attached hydrogens (tertiary/aromatic N) is 4. The number of fused-ring (bicyclic) bond motifs is 1. The number of carbonyl (C=O) groups is 1. The van der Waals surface area contributed by atoms with Gasteiger partial charge < -0.3 is 5.11 Å². The van der Waals surface area contributed by atoms with Gasteiger partial charge in [0.15, 0.2) is 0 Å². The van der Waals surface area contributed by atoms with Crippen LogP contribution in [-0.2, 0) is 0 Å². The number of hydrazone groups is 1. The minimum atomic E-state index is -5.03. The maximum Gasteiger partial charge on any atom is 0.438 e. The van der Waals surface area contributed by atoms with Crippen LogP contribution < -0.4 is 0 Å². The molecule has 6 nitrogen and oxygen atoms in total. The zero-order valence-electron chi connectivity index (χ0n) is 14.9. The van der Waals surface area contributed by atoms with E-state index < -0.39 is 24.2 Å². The monoisotopic (exact) mass is 408 g/mol. The average Bonchev–Trinajstić information content (AvgIpc) is 3.28. The van der Waals surface area contributed by atoms with Gasteiger partial charge in [0.05, 0.1) is 16.3 Å². The quantitative estimate of drug-likeness (QED) is 0.700. The third kappa shape index (κ3) is 2.71. The zero-order valence-corrected chi connectivity index (χ0v) is 15.7. The molecule has 1 amide bonds. The molecule has 0 unspecified atom stereocenters. The fourth-order valence-electron chi connectivity index (χ4n) is 3.16. The second kappa shape index (κ2) is 6.14. The van der Waals surface area contributed by atoms with Crippen molar-refractivity contribution in [3.05, 3.63) is 47.0 Å². The Morgan fingerprint density at radius 2 is 1.93 bits per heavy atom. The van der Waals surface area contributed by atoms with Crippen molar-refractivity contribution < 1.29 is 23.1 Å². The van der Waals surface area contributed by atoms with Gasteiger partial charge in [-0.3, -0.25) is 4.79 Å². The molecule has 1 aromatic carbocycles. The Hall–Kier alpha value is -2.72. The highest BCUT2D eigenvalue weighted by atomic mass is 32.1. The zero-order chi connectivity index (χ0) is 20.3. The number of aromatic nitrogens is 2. The minimum Gasteiger partial charge on any atom is -0.362 e. The molecule has 4 rings (SSSR count). The van der Waals surface area contributed by atoms with Crippen LogP contribution in [0.15, 0.2) is 41.5 Å². The van der Waals surface area contributed by atoms with E-state index in [0.717, 1.165) is 17.0 Å². The molecule has 0 radical (unpaired) electrons. The molecule has 10 heteroatoms. The Labute approximate surface area is 161 Å². The highest BCUT2D eigenvalue weighted by Gasteiger charge is 2.62. The number of halogens is 3. The van der Waals surface area contributed by atoms with E-state index in [-0.39, 0.29) is 15.6 Å². The average molecular weight is 408 g/mol. The Morgan fingerprint density at radius 1 is 1.25 bits per heavy atom. The van der Waals surface area contributed by atoms with Crippen molar-refractivity contribution in [2.45, 2.75) is 32.2 Å². The lowest BCUT2D eigenvalue weighted by Crippen LogP contribution is -2.56. The molecule has 3 aromatic rings. The van der Waals surface area contributed by atoms with Gasteiger partial charge >= 0.3 is 6.18 Å². The Morgan fingerprint density at radius 3 is 2.57 bits per heavy atom. The van der Waals surface area contributed by atoms with E-state index in [2.05, 4.69) is 10.2 Å². The third-order valence-electron chi connectivity index (χ3n) is 4.53. The van der Waals surface area contributed by atoms with Gasteiger partial charge in [0, 0.05) is 17.5 Å². The van der Waals surface area contributed by atoms with Crippen LogP contribution in [0.25, 0.3) is 15.9 Å².